The third kappa shape index (κ3) is 3.52. The molecule has 3 N–H and O–H groups in total. The Bertz CT molecular complexity index is 562. The van der Waals surface area contributed by atoms with Gasteiger partial charge in [-0.2, -0.15) is 0 Å². The van der Waals surface area contributed by atoms with Crippen LogP contribution in [0.25, 0.3) is 0 Å². The highest BCUT2D eigenvalue weighted by Gasteiger charge is 2.32. The van der Waals surface area contributed by atoms with E-state index >= 15 is 0 Å². The van der Waals surface area contributed by atoms with Crippen molar-refractivity contribution in [2.75, 3.05) is 0 Å². The van der Waals surface area contributed by atoms with Crippen LogP contribution in [0.3, 0.4) is 0 Å². The Labute approximate surface area is 130 Å². The summed E-state index contributed by atoms with van der Waals surface area (Å²) in [7, 11) is 0. The van der Waals surface area contributed by atoms with Crippen LogP contribution in [0.4, 0.5) is 0 Å². The van der Waals surface area contributed by atoms with Crippen LogP contribution in [0.1, 0.15) is 43.2 Å². The predicted molar refractivity (Wildman–Crippen MR) is 88.2 cm³/mol. The molecule has 1 atom stereocenters. The number of carbonyl (C=O) groups excluding carboxylic acids is 1. The lowest BCUT2D eigenvalue weighted by atomic mass is 9.92. The zero-order chi connectivity index (χ0) is 15.3. The van der Waals surface area contributed by atoms with Gasteiger partial charge in [0.25, 0.3) is 0 Å². The molecule has 1 aromatic heterocycles. The van der Waals surface area contributed by atoms with Crippen molar-refractivity contribution < 1.29 is 4.79 Å². The van der Waals surface area contributed by atoms with Gasteiger partial charge in [0.2, 0.25) is 5.91 Å². The van der Waals surface area contributed by atoms with E-state index in [0.717, 1.165) is 10.4 Å². The standard InChI is InChI=1S/C17H22N2OS/c1-3-17(18,4-2)16(20)19-15(14-11-8-12-21-14)13-9-6-5-7-10-13/h5-12,15H,3-4,18H2,1-2H3,(H,19,20). The first-order valence-corrected chi connectivity index (χ1v) is 8.17. The fourth-order valence-corrected chi connectivity index (χ4v) is 3.07. The lowest BCUT2D eigenvalue weighted by Crippen LogP contribution is -2.53. The second kappa shape index (κ2) is 6.87. The van der Waals surface area contributed by atoms with Gasteiger partial charge in [-0.1, -0.05) is 50.2 Å². The van der Waals surface area contributed by atoms with E-state index in [9.17, 15) is 4.79 Å². The molecule has 0 saturated heterocycles. The summed E-state index contributed by atoms with van der Waals surface area (Å²) in [5, 5.41) is 5.15. The Balaban J connectivity index is 2.28. The minimum absolute atomic E-state index is 0.0882. The summed E-state index contributed by atoms with van der Waals surface area (Å²) in [6.45, 7) is 3.90. The van der Waals surface area contributed by atoms with Crippen LogP contribution >= 0.6 is 11.3 Å². The topological polar surface area (TPSA) is 55.1 Å². The minimum atomic E-state index is -0.801. The summed E-state index contributed by atoms with van der Waals surface area (Å²) in [5.74, 6) is -0.0882. The molecule has 112 valence electrons. The summed E-state index contributed by atoms with van der Waals surface area (Å²) in [5.41, 5.74) is 6.48. The molecule has 1 amide bonds. The molecule has 2 aromatic rings. The van der Waals surface area contributed by atoms with Gasteiger partial charge in [0, 0.05) is 4.88 Å². The molecule has 0 saturated carbocycles. The van der Waals surface area contributed by atoms with Gasteiger partial charge in [-0.25, -0.2) is 0 Å². The summed E-state index contributed by atoms with van der Waals surface area (Å²) in [6.07, 6.45) is 1.25. The average Bonchev–Trinajstić information content (AvgIpc) is 3.06. The van der Waals surface area contributed by atoms with Gasteiger partial charge in [-0.3, -0.25) is 4.79 Å². The second-order valence-electron chi connectivity index (χ2n) is 5.20. The first-order chi connectivity index (χ1) is 10.1. The number of rotatable bonds is 6. The first kappa shape index (κ1) is 15.7. The minimum Gasteiger partial charge on any atom is -0.343 e. The lowest BCUT2D eigenvalue weighted by Gasteiger charge is -2.28. The summed E-state index contributed by atoms with van der Waals surface area (Å²) in [6, 6.07) is 13.9. The van der Waals surface area contributed by atoms with Crippen LogP contribution in [0.15, 0.2) is 47.8 Å². The van der Waals surface area contributed by atoms with E-state index in [2.05, 4.69) is 5.32 Å². The van der Waals surface area contributed by atoms with Crippen LogP contribution in [0.2, 0.25) is 0 Å². The monoisotopic (exact) mass is 302 g/mol. The van der Waals surface area contributed by atoms with E-state index in [1.807, 2.05) is 61.7 Å². The van der Waals surface area contributed by atoms with E-state index in [1.54, 1.807) is 11.3 Å². The van der Waals surface area contributed by atoms with Gasteiger partial charge in [-0.15, -0.1) is 11.3 Å². The number of hydrogen-bond donors (Lipinski definition) is 2. The molecular formula is C17H22N2OS. The van der Waals surface area contributed by atoms with Crippen LogP contribution in [0, 0.1) is 0 Å². The number of nitrogens with one attached hydrogen (secondary N) is 1. The maximum atomic E-state index is 12.6. The molecular weight excluding hydrogens is 280 g/mol. The maximum Gasteiger partial charge on any atom is 0.240 e. The zero-order valence-corrected chi connectivity index (χ0v) is 13.3. The number of nitrogens with two attached hydrogens (primary N) is 1. The Morgan fingerprint density at radius 1 is 1.19 bits per heavy atom. The highest BCUT2D eigenvalue weighted by Crippen LogP contribution is 2.27. The van der Waals surface area contributed by atoms with Crippen molar-refractivity contribution in [1.82, 2.24) is 5.32 Å². The summed E-state index contributed by atoms with van der Waals surface area (Å²) < 4.78 is 0. The summed E-state index contributed by atoms with van der Waals surface area (Å²) >= 11 is 1.64. The number of amides is 1. The molecule has 1 unspecified atom stereocenters. The van der Waals surface area contributed by atoms with Crippen LogP contribution in [-0.2, 0) is 4.79 Å². The van der Waals surface area contributed by atoms with Gasteiger partial charge >= 0.3 is 0 Å². The van der Waals surface area contributed by atoms with E-state index in [-0.39, 0.29) is 11.9 Å². The lowest BCUT2D eigenvalue weighted by molar-refractivity contribution is -0.127. The van der Waals surface area contributed by atoms with Crippen LogP contribution in [0.5, 0.6) is 0 Å². The highest BCUT2D eigenvalue weighted by molar-refractivity contribution is 7.10. The highest BCUT2D eigenvalue weighted by atomic mass is 32.1. The van der Waals surface area contributed by atoms with Crippen molar-refractivity contribution in [3.63, 3.8) is 0 Å². The van der Waals surface area contributed by atoms with Gasteiger partial charge in [-0.05, 0) is 29.9 Å². The van der Waals surface area contributed by atoms with Gasteiger partial charge in [0.1, 0.15) is 0 Å². The van der Waals surface area contributed by atoms with E-state index < -0.39 is 5.54 Å². The number of carbonyl (C=O) groups is 1. The quantitative estimate of drug-likeness (QED) is 0.858. The fraction of sp³-hybridized carbons (Fsp3) is 0.353. The maximum absolute atomic E-state index is 12.6. The Morgan fingerprint density at radius 2 is 1.86 bits per heavy atom. The normalized spacial score (nSPS) is 12.9. The number of thiophene rings is 1. The molecule has 3 nitrogen and oxygen atoms in total. The van der Waals surface area contributed by atoms with Gasteiger partial charge < -0.3 is 11.1 Å². The van der Waals surface area contributed by atoms with E-state index in [1.165, 1.54) is 0 Å². The molecule has 21 heavy (non-hydrogen) atoms. The van der Waals surface area contributed by atoms with Crippen LogP contribution in [-0.4, -0.2) is 11.4 Å². The van der Waals surface area contributed by atoms with Gasteiger partial charge in [0.05, 0.1) is 11.6 Å². The molecule has 0 aliphatic heterocycles. The number of benzene rings is 1. The molecule has 1 aromatic carbocycles. The molecule has 0 spiro atoms. The average molecular weight is 302 g/mol. The third-order valence-corrected chi connectivity index (χ3v) is 4.89. The van der Waals surface area contributed by atoms with Crippen molar-refractivity contribution in [2.24, 2.45) is 5.73 Å². The summed E-state index contributed by atoms with van der Waals surface area (Å²) in [4.78, 5) is 13.7. The molecule has 0 radical (unpaired) electrons. The molecule has 4 heteroatoms. The second-order valence-corrected chi connectivity index (χ2v) is 6.18. The molecule has 0 bridgehead atoms. The molecule has 0 fully saturated rings. The Morgan fingerprint density at radius 3 is 2.38 bits per heavy atom. The van der Waals surface area contributed by atoms with E-state index in [0.29, 0.717) is 12.8 Å². The van der Waals surface area contributed by atoms with E-state index in [4.69, 9.17) is 5.73 Å². The van der Waals surface area contributed by atoms with Crippen molar-refractivity contribution >= 4 is 17.2 Å². The fourth-order valence-electron chi connectivity index (χ4n) is 2.27. The SMILES string of the molecule is CCC(N)(CC)C(=O)NC(c1ccccc1)c1cccs1. The number of hydrogen-bond acceptors (Lipinski definition) is 3. The van der Waals surface area contributed by atoms with Crippen molar-refractivity contribution in [3.05, 3.63) is 58.3 Å². The molecule has 1 heterocycles. The first-order valence-electron chi connectivity index (χ1n) is 7.29. The van der Waals surface area contributed by atoms with Crippen molar-refractivity contribution in [2.45, 2.75) is 38.3 Å². The third-order valence-electron chi connectivity index (χ3n) is 3.95. The zero-order valence-electron chi connectivity index (χ0n) is 12.5. The Hall–Kier alpha value is -1.65. The molecule has 0 aliphatic rings. The molecule has 0 aliphatic carbocycles. The largest absolute Gasteiger partial charge is 0.343 e. The Kier molecular flexibility index (Phi) is 5.15. The molecule has 2 rings (SSSR count). The smallest absolute Gasteiger partial charge is 0.240 e. The van der Waals surface area contributed by atoms with Crippen LogP contribution < -0.4 is 11.1 Å². The predicted octanol–water partition coefficient (Wildman–Crippen LogP) is 3.47. The van der Waals surface area contributed by atoms with Crippen molar-refractivity contribution in [3.8, 4) is 0 Å². The van der Waals surface area contributed by atoms with Crippen molar-refractivity contribution in [1.29, 1.82) is 0 Å². The van der Waals surface area contributed by atoms with Gasteiger partial charge in [0.15, 0.2) is 0 Å².